The van der Waals surface area contributed by atoms with Crippen molar-refractivity contribution in [2.45, 2.75) is 20.3 Å². The first kappa shape index (κ1) is 16.3. The number of fused-ring (bicyclic) bond motifs is 1. The Kier molecular flexibility index (Phi) is 4.15. The van der Waals surface area contributed by atoms with Gasteiger partial charge in [0.1, 0.15) is 5.69 Å². The van der Waals surface area contributed by atoms with E-state index in [4.69, 9.17) is 11.6 Å². The Morgan fingerprint density at radius 1 is 1.29 bits per heavy atom. The van der Waals surface area contributed by atoms with Crippen LogP contribution >= 0.6 is 11.6 Å². The van der Waals surface area contributed by atoms with Crippen molar-refractivity contribution in [3.05, 3.63) is 52.1 Å². The summed E-state index contributed by atoms with van der Waals surface area (Å²) in [7, 11) is 0. The predicted octanol–water partition coefficient (Wildman–Crippen LogP) is 3.58. The van der Waals surface area contributed by atoms with Crippen molar-refractivity contribution in [3.8, 4) is 0 Å². The van der Waals surface area contributed by atoms with Crippen LogP contribution in [0.1, 0.15) is 34.0 Å². The molecule has 0 unspecified atom stereocenters. The number of alkyl halides is 2. The topological polar surface area (TPSA) is 72.2 Å². The molecular formula is C15H12ClF2N5O. The summed E-state index contributed by atoms with van der Waals surface area (Å²) >= 11 is 6.00. The number of hydrogen-bond donors (Lipinski definition) is 1. The molecule has 24 heavy (non-hydrogen) atoms. The molecule has 0 aliphatic rings. The van der Waals surface area contributed by atoms with Gasteiger partial charge in [-0.25, -0.2) is 13.8 Å². The van der Waals surface area contributed by atoms with Crippen LogP contribution < -0.4 is 5.32 Å². The van der Waals surface area contributed by atoms with Crippen LogP contribution in [0.25, 0.3) is 5.78 Å². The fraction of sp³-hybridized carbons (Fsp3) is 0.200. The third-order valence-electron chi connectivity index (χ3n) is 3.41. The molecule has 0 spiro atoms. The van der Waals surface area contributed by atoms with Crippen molar-refractivity contribution in [1.82, 2.24) is 19.6 Å². The maximum Gasteiger partial charge on any atom is 0.295 e. The second-order valence-electron chi connectivity index (χ2n) is 5.14. The zero-order valence-corrected chi connectivity index (χ0v) is 13.5. The van der Waals surface area contributed by atoms with Crippen LogP contribution in [0.4, 0.5) is 14.5 Å². The summed E-state index contributed by atoms with van der Waals surface area (Å²) in [5.74, 6) is -0.948. The molecule has 1 N–H and O–H groups in total. The molecule has 0 fully saturated rings. The number of amides is 1. The number of aromatic nitrogens is 4. The van der Waals surface area contributed by atoms with Crippen molar-refractivity contribution in [2.75, 3.05) is 5.32 Å². The van der Waals surface area contributed by atoms with Crippen LogP contribution in [0.3, 0.4) is 0 Å². The smallest absolute Gasteiger partial charge is 0.295 e. The van der Waals surface area contributed by atoms with Gasteiger partial charge in [-0.3, -0.25) is 4.79 Å². The van der Waals surface area contributed by atoms with E-state index in [0.717, 1.165) is 4.52 Å². The van der Waals surface area contributed by atoms with Crippen LogP contribution in [0.15, 0.2) is 24.3 Å². The Morgan fingerprint density at radius 3 is 2.75 bits per heavy atom. The van der Waals surface area contributed by atoms with E-state index < -0.39 is 12.3 Å². The first-order valence-electron chi connectivity index (χ1n) is 6.95. The van der Waals surface area contributed by atoms with E-state index in [1.54, 1.807) is 32.0 Å². The summed E-state index contributed by atoms with van der Waals surface area (Å²) in [4.78, 5) is 20.2. The van der Waals surface area contributed by atoms with Crippen LogP contribution in [0.5, 0.6) is 0 Å². The zero-order chi connectivity index (χ0) is 17.4. The van der Waals surface area contributed by atoms with Gasteiger partial charge in [-0.05, 0) is 37.6 Å². The SMILES string of the molecule is Cc1cc(C(F)F)n2nc(C(=O)Nc3cccc(Cl)c3C)nc2n1. The van der Waals surface area contributed by atoms with E-state index in [1.165, 1.54) is 6.07 Å². The highest BCUT2D eigenvalue weighted by Crippen LogP contribution is 2.23. The van der Waals surface area contributed by atoms with Gasteiger partial charge >= 0.3 is 0 Å². The number of rotatable bonds is 3. The molecule has 124 valence electrons. The number of carbonyl (C=O) groups is 1. The van der Waals surface area contributed by atoms with Crippen molar-refractivity contribution < 1.29 is 13.6 Å². The van der Waals surface area contributed by atoms with Crippen molar-refractivity contribution in [2.24, 2.45) is 0 Å². The van der Waals surface area contributed by atoms with Crippen molar-refractivity contribution >= 4 is 29.0 Å². The quantitative estimate of drug-likeness (QED) is 0.782. The van der Waals surface area contributed by atoms with Gasteiger partial charge in [-0.2, -0.15) is 9.50 Å². The Labute approximate surface area is 140 Å². The molecule has 0 aliphatic heterocycles. The lowest BCUT2D eigenvalue weighted by molar-refractivity contribution is 0.101. The summed E-state index contributed by atoms with van der Waals surface area (Å²) in [6.07, 6.45) is -2.76. The average Bonchev–Trinajstić information content (AvgIpc) is 2.94. The van der Waals surface area contributed by atoms with Gasteiger partial charge in [0.2, 0.25) is 5.82 Å². The number of benzene rings is 1. The normalized spacial score (nSPS) is 11.2. The van der Waals surface area contributed by atoms with Gasteiger partial charge in [0.05, 0.1) is 0 Å². The summed E-state index contributed by atoms with van der Waals surface area (Å²) in [6.45, 7) is 3.31. The lowest BCUT2D eigenvalue weighted by atomic mass is 10.2. The third-order valence-corrected chi connectivity index (χ3v) is 3.82. The van der Waals surface area contributed by atoms with E-state index in [-0.39, 0.29) is 17.3 Å². The van der Waals surface area contributed by atoms with E-state index >= 15 is 0 Å². The minimum atomic E-state index is -2.76. The highest BCUT2D eigenvalue weighted by molar-refractivity contribution is 6.31. The maximum absolute atomic E-state index is 13.1. The van der Waals surface area contributed by atoms with E-state index in [1.807, 2.05) is 0 Å². The molecule has 2 heterocycles. The second kappa shape index (κ2) is 6.12. The molecule has 0 aliphatic carbocycles. The van der Waals surface area contributed by atoms with Gasteiger partial charge in [0, 0.05) is 16.4 Å². The zero-order valence-electron chi connectivity index (χ0n) is 12.7. The van der Waals surface area contributed by atoms with Crippen molar-refractivity contribution in [3.63, 3.8) is 0 Å². The molecule has 3 aromatic rings. The lowest BCUT2D eigenvalue weighted by Gasteiger charge is -2.07. The van der Waals surface area contributed by atoms with Crippen LogP contribution in [0.2, 0.25) is 5.02 Å². The lowest BCUT2D eigenvalue weighted by Crippen LogP contribution is -2.15. The molecule has 1 amide bonds. The van der Waals surface area contributed by atoms with Crippen LogP contribution in [0, 0.1) is 13.8 Å². The average molecular weight is 352 g/mol. The predicted molar refractivity (Wildman–Crippen MR) is 84.6 cm³/mol. The summed E-state index contributed by atoms with van der Waals surface area (Å²) < 4.78 is 27.1. The first-order chi connectivity index (χ1) is 11.4. The molecule has 6 nitrogen and oxygen atoms in total. The van der Waals surface area contributed by atoms with Crippen molar-refractivity contribution in [1.29, 1.82) is 0 Å². The number of aryl methyl sites for hydroxylation is 1. The monoisotopic (exact) mass is 351 g/mol. The van der Waals surface area contributed by atoms with Gasteiger partial charge in [0.25, 0.3) is 18.1 Å². The molecule has 0 saturated carbocycles. The third kappa shape index (κ3) is 2.92. The van der Waals surface area contributed by atoms with E-state index in [0.29, 0.717) is 22.0 Å². The summed E-state index contributed by atoms with van der Waals surface area (Å²) in [5.41, 5.74) is 1.16. The fourth-order valence-electron chi connectivity index (χ4n) is 2.19. The number of carbonyl (C=O) groups excluding carboxylic acids is 1. The number of halogens is 3. The molecule has 0 bridgehead atoms. The van der Waals surface area contributed by atoms with E-state index in [2.05, 4.69) is 20.4 Å². The van der Waals surface area contributed by atoms with Gasteiger partial charge < -0.3 is 5.32 Å². The largest absolute Gasteiger partial charge is 0.319 e. The molecular weight excluding hydrogens is 340 g/mol. The number of anilines is 1. The number of hydrogen-bond acceptors (Lipinski definition) is 4. The minimum Gasteiger partial charge on any atom is -0.319 e. The Bertz CT molecular complexity index is 941. The highest BCUT2D eigenvalue weighted by Gasteiger charge is 2.20. The Balaban J connectivity index is 1.99. The first-order valence-corrected chi connectivity index (χ1v) is 7.33. The molecule has 0 radical (unpaired) electrons. The summed E-state index contributed by atoms with van der Waals surface area (Å²) in [6, 6.07) is 6.25. The van der Waals surface area contributed by atoms with Crippen LogP contribution in [-0.2, 0) is 0 Å². The number of nitrogens with zero attached hydrogens (tertiary/aromatic N) is 4. The van der Waals surface area contributed by atoms with Gasteiger partial charge in [0.15, 0.2) is 0 Å². The Hall–Kier alpha value is -2.61. The molecule has 3 rings (SSSR count). The van der Waals surface area contributed by atoms with E-state index in [9.17, 15) is 13.6 Å². The molecule has 0 saturated heterocycles. The fourth-order valence-corrected chi connectivity index (χ4v) is 2.36. The summed E-state index contributed by atoms with van der Waals surface area (Å²) in [5, 5.41) is 6.95. The molecule has 9 heteroatoms. The Morgan fingerprint density at radius 2 is 2.04 bits per heavy atom. The number of nitrogens with one attached hydrogen (secondary N) is 1. The second-order valence-corrected chi connectivity index (χ2v) is 5.54. The highest BCUT2D eigenvalue weighted by atomic mass is 35.5. The standard InChI is InChI=1S/C15H12ClF2N5O/c1-7-6-11(12(17)18)23-15(19-7)21-13(22-23)14(24)20-10-5-3-4-9(16)8(10)2/h3-6,12H,1-2H3,(H,20,24). The molecule has 0 atom stereocenters. The van der Waals surface area contributed by atoms with Gasteiger partial charge in [-0.1, -0.05) is 17.7 Å². The van der Waals surface area contributed by atoms with Gasteiger partial charge in [-0.15, -0.1) is 5.10 Å². The molecule has 1 aromatic carbocycles. The molecule has 2 aromatic heterocycles. The minimum absolute atomic E-state index is 0.0572. The van der Waals surface area contributed by atoms with Crippen LogP contribution in [-0.4, -0.2) is 25.5 Å². The maximum atomic E-state index is 13.1.